The molecule has 0 aliphatic carbocycles. The van der Waals surface area contributed by atoms with Crippen LogP contribution in [0.5, 0.6) is 11.5 Å². The van der Waals surface area contributed by atoms with Gasteiger partial charge in [-0.25, -0.2) is 0 Å². The Hall–Kier alpha value is -1.03. The number of rotatable bonds is 4. The van der Waals surface area contributed by atoms with E-state index in [2.05, 4.69) is 0 Å². The van der Waals surface area contributed by atoms with Crippen LogP contribution in [0.25, 0.3) is 0 Å². The molecule has 0 bridgehead atoms. The average molecular weight is 344 g/mol. The Morgan fingerprint density at radius 3 is 1.65 bits per heavy atom. The maximum absolute atomic E-state index is 11.7. The molecule has 1 aromatic rings. The average Bonchev–Trinajstić information content (AvgIpc) is 2.27. The van der Waals surface area contributed by atoms with Gasteiger partial charge in [-0.1, -0.05) is 34.6 Å². The normalized spacial score (nSPS) is 14.1. The number of phenols is 2. The first-order valence-corrected chi connectivity index (χ1v) is 9.23. The fraction of sp³-hybridized carbons (Fsp3) is 0.647. The van der Waals surface area contributed by atoms with Crippen LogP contribution in [-0.4, -0.2) is 25.2 Å². The van der Waals surface area contributed by atoms with Crippen molar-refractivity contribution >= 4 is 7.60 Å². The van der Waals surface area contributed by atoms with E-state index in [0.29, 0.717) is 11.1 Å². The third-order valence-electron chi connectivity index (χ3n) is 4.31. The van der Waals surface area contributed by atoms with Crippen molar-refractivity contribution in [3.05, 3.63) is 23.3 Å². The molecular formula is C17H29O5P. The fourth-order valence-corrected chi connectivity index (χ4v) is 3.60. The van der Waals surface area contributed by atoms with E-state index in [9.17, 15) is 24.6 Å². The van der Waals surface area contributed by atoms with Crippen molar-refractivity contribution in [1.29, 1.82) is 0 Å². The van der Waals surface area contributed by atoms with Gasteiger partial charge in [0.05, 0.1) is 5.16 Å². The zero-order valence-corrected chi connectivity index (χ0v) is 15.9. The van der Waals surface area contributed by atoms with Gasteiger partial charge in [-0.3, -0.25) is 4.57 Å². The van der Waals surface area contributed by atoms with Crippen LogP contribution in [0.15, 0.2) is 12.1 Å². The Morgan fingerprint density at radius 1 is 0.870 bits per heavy atom. The van der Waals surface area contributed by atoms with Crippen molar-refractivity contribution in [2.24, 2.45) is 0 Å². The molecule has 4 N–H and O–H groups in total. The van der Waals surface area contributed by atoms with Gasteiger partial charge in [-0.15, -0.1) is 0 Å². The summed E-state index contributed by atoms with van der Waals surface area (Å²) in [5.74, 6) is 0.103. The maximum Gasteiger partial charge on any atom is 0.331 e. The van der Waals surface area contributed by atoms with E-state index >= 15 is 0 Å². The van der Waals surface area contributed by atoms with Crippen LogP contribution in [0.1, 0.15) is 66.0 Å². The van der Waals surface area contributed by atoms with E-state index < -0.39 is 18.2 Å². The van der Waals surface area contributed by atoms with Crippen LogP contribution < -0.4 is 0 Å². The molecule has 0 saturated carbocycles. The molecule has 0 radical (unpaired) electrons. The highest BCUT2D eigenvalue weighted by molar-refractivity contribution is 7.53. The van der Waals surface area contributed by atoms with Gasteiger partial charge in [0.2, 0.25) is 0 Å². The lowest BCUT2D eigenvalue weighted by molar-refractivity contribution is 0.301. The molecule has 1 rings (SSSR count). The molecule has 0 aromatic heterocycles. The summed E-state index contributed by atoms with van der Waals surface area (Å²) in [6.45, 7) is 12.4. The Kier molecular flexibility index (Phi) is 5.05. The standard InChI is InChI=1S/C17H29O5P/c1-15(2,3)11-8-14(19)12(9-13(11)18)16(4,5)10-17(6,7)23(20,21)22/h8-9,18-19H,10H2,1-7H3,(H2,20,21,22). The molecule has 0 unspecified atom stereocenters. The summed E-state index contributed by atoms with van der Waals surface area (Å²) in [7, 11) is -4.29. The Bertz CT molecular complexity index is 635. The predicted octanol–water partition coefficient (Wildman–Crippen LogP) is 4.02. The minimum absolute atomic E-state index is 0.0271. The third-order valence-corrected chi connectivity index (χ3v) is 6.05. The second kappa shape index (κ2) is 5.80. The van der Waals surface area contributed by atoms with Crippen molar-refractivity contribution < 1.29 is 24.6 Å². The van der Waals surface area contributed by atoms with Gasteiger partial charge in [0.1, 0.15) is 11.5 Å². The highest BCUT2D eigenvalue weighted by Crippen LogP contribution is 2.56. The molecule has 0 spiro atoms. The number of benzene rings is 1. The van der Waals surface area contributed by atoms with Crippen LogP contribution in [0, 0.1) is 0 Å². The first-order valence-electron chi connectivity index (χ1n) is 7.62. The van der Waals surface area contributed by atoms with Crippen molar-refractivity contribution in [2.75, 3.05) is 0 Å². The molecule has 0 atom stereocenters. The van der Waals surface area contributed by atoms with Gasteiger partial charge in [0.25, 0.3) is 0 Å². The van der Waals surface area contributed by atoms with E-state index in [0.717, 1.165) is 0 Å². The topological polar surface area (TPSA) is 98.0 Å². The van der Waals surface area contributed by atoms with Crippen LogP contribution >= 0.6 is 7.60 Å². The molecule has 1 aromatic carbocycles. The Morgan fingerprint density at radius 2 is 1.26 bits per heavy atom. The van der Waals surface area contributed by atoms with Gasteiger partial charge >= 0.3 is 7.60 Å². The number of aromatic hydroxyl groups is 2. The molecule has 0 saturated heterocycles. The molecule has 0 aliphatic rings. The number of hydrogen-bond acceptors (Lipinski definition) is 3. The third kappa shape index (κ3) is 4.28. The molecule has 5 nitrogen and oxygen atoms in total. The van der Waals surface area contributed by atoms with Gasteiger partial charge in [0, 0.05) is 11.1 Å². The summed E-state index contributed by atoms with van der Waals surface area (Å²) < 4.78 is 11.7. The van der Waals surface area contributed by atoms with E-state index in [1.54, 1.807) is 13.8 Å². The molecule has 0 fully saturated rings. The summed E-state index contributed by atoms with van der Waals surface area (Å²) >= 11 is 0. The van der Waals surface area contributed by atoms with E-state index in [1.165, 1.54) is 26.0 Å². The SMILES string of the molecule is CC(C)(C)c1cc(O)c(C(C)(C)CC(C)(C)P(=O)(O)O)cc1O. The zero-order chi connectivity index (χ0) is 18.4. The van der Waals surface area contributed by atoms with Crippen molar-refractivity contribution in [2.45, 2.75) is 70.9 Å². The van der Waals surface area contributed by atoms with Gasteiger partial charge in [-0.05, 0) is 43.2 Å². The second-order valence-corrected chi connectivity index (χ2v) is 10.9. The molecule has 132 valence electrons. The van der Waals surface area contributed by atoms with Crippen LogP contribution in [0.3, 0.4) is 0 Å². The maximum atomic E-state index is 11.7. The lowest BCUT2D eigenvalue weighted by Crippen LogP contribution is -2.31. The van der Waals surface area contributed by atoms with Crippen molar-refractivity contribution in [1.82, 2.24) is 0 Å². The first kappa shape index (κ1) is 20.0. The second-order valence-electron chi connectivity index (χ2n) is 8.55. The quantitative estimate of drug-likeness (QED) is 0.488. The summed E-state index contributed by atoms with van der Waals surface area (Å²) in [5, 5.41) is 19.5. The molecule has 0 aliphatic heterocycles. The zero-order valence-electron chi connectivity index (χ0n) is 15.0. The molecule has 6 heteroatoms. The van der Waals surface area contributed by atoms with E-state index in [4.69, 9.17) is 0 Å². The lowest BCUT2D eigenvalue weighted by atomic mass is 9.75. The largest absolute Gasteiger partial charge is 0.508 e. The van der Waals surface area contributed by atoms with Crippen LogP contribution in [0.2, 0.25) is 0 Å². The molecule has 23 heavy (non-hydrogen) atoms. The number of phenolic OH excluding ortho intramolecular Hbond substituents is 2. The summed E-state index contributed by atoms with van der Waals surface area (Å²) in [6.07, 6.45) is 0.159. The summed E-state index contributed by atoms with van der Waals surface area (Å²) in [5.41, 5.74) is 0.0613. The molecular weight excluding hydrogens is 315 g/mol. The monoisotopic (exact) mass is 344 g/mol. The van der Waals surface area contributed by atoms with Gasteiger partial charge < -0.3 is 20.0 Å². The van der Waals surface area contributed by atoms with E-state index in [-0.39, 0.29) is 23.3 Å². The number of hydrogen-bond donors (Lipinski definition) is 4. The lowest BCUT2D eigenvalue weighted by Gasteiger charge is -2.36. The summed E-state index contributed by atoms with van der Waals surface area (Å²) in [4.78, 5) is 19.1. The molecule has 0 heterocycles. The van der Waals surface area contributed by atoms with Crippen molar-refractivity contribution in [3.63, 3.8) is 0 Å². The van der Waals surface area contributed by atoms with Gasteiger partial charge in [0.15, 0.2) is 0 Å². The minimum atomic E-state index is -4.29. The Balaban J connectivity index is 3.36. The fourth-order valence-electron chi connectivity index (χ4n) is 3.00. The highest BCUT2D eigenvalue weighted by atomic mass is 31.2. The highest BCUT2D eigenvalue weighted by Gasteiger charge is 2.43. The minimum Gasteiger partial charge on any atom is -0.508 e. The first-order chi connectivity index (χ1) is 9.99. The molecule has 0 amide bonds. The predicted molar refractivity (Wildman–Crippen MR) is 92.2 cm³/mol. The smallest absolute Gasteiger partial charge is 0.331 e. The van der Waals surface area contributed by atoms with E-state index in [1.807, 2.05) is 20.8 Å². The Labute approximate surface area is 138 Å². The van der Waals surface area contributed by atoms with Crippen molar-refractivity contribution in [3.8, 4) is 11.5 Å². The summed E-state index contributed by atoms with van der Waals surface area (Å²) in [6, 6.07) is 3.04. The van der Waals surface area contributed by atoms with Crippen LogP contribution in [-0.2, 0) is 15.4 Å². The van der Waals surface area contributed by atoms with Gasteiger partial charge in [-0.2, -0.15) is 0 Å². The van der Waals surface area contributed by atoms with Crippen LogP contribution in [0.4, 0.5) is 0 Å².